The molecule has 18 heavy (non-hydrogen) atoms. The minimum atomic E-state index is -0.801. The van der Waals surface area contributed by atoms with E-state index in [1.807, 2.05) is 0 Å². The Balaban J connectivity index is 2.35. The van der Waals surface area contributed by atoms with E-state index in [2.05, 4.69) is 24.5 Å². The molecule has 0 bridgehead atoms. The summed E-state index contributed by atoms with van der Waals surface area (Å²) in [4.78, 5) is 22.6. The Kier molecular flexibility index (Phi) is 6.49. The summed E-state index contributed by atoms with van der Waals surface area (Å²) in [5, 5.41) is 14.8. The van der Waals surface area contributed by atoms with Gasteiger partial charge in [-0.25, -0.2) is 0 Å². The van der Waals surface area contributed by atoms with Crippen molar-refractivity contribution < 1.29 is 14.7 Å². The topological polar surface area (TPSA) is 78.4 Å². The van der Waals surface area contributed by atoms with Crippen molar-refractivity contribution in [3.8, 4) is 0 Å². The summed E-state index contributed by atoms with van der Waals surface area (Å²) in [5.74, 6) is 1.23. The van der Waals surface area contributed by atoms with E-state index in [0.717, 1.165) is 18.1 Å². The van der Waals surface area contributed by atoms with E-state index < -0.39 is 5.97 Å². The van der Waals surface area contributed by atoms with Gasteiger partial charge < -0.3 is 10.4 Å². The number of amides is 1. The Hall–Kier alpha value is -0.750. The molecule has 1 aliphatic heterocycles. The second-order valence-corrected chi connectivity index (χ2v) is 6.14. The number of hydrogen-bond donors (Lipinski definition) is 3. The summed E-state index contributed by atoms with van der Waals surface area (Å²) in [6.07, 6.45) is 0.935. The van der Waals surface area contributed by atoms with Gasteiger partial charge in [-0.05, 0) is 18.3 Å². The van der Waals surface area contributed by atoms with E-state index in [-0.39, 0.29) is 24.3 Å². The lowest BCUT2D eigenvalue weighted by molar-refractivity contribution is -0.138. The second kappa shape index (κ2) is 7.63. The molecule has 6 heteroatoms. The average Bonchev–Trinajstić information content (AvgIpc) is 2.77. The number of carbonyl (C=O) groups excluding carboxylic acids is 1. The van der Waals surface area contributed by atoms with Gasteiger partial charge in [0.05, 0.1) is 6.04 Å². The van der Waals surface area contributed by atoms with Crippen LogP contribution in [0.1, 0.15) is 26.7 Å². The maximum atomic E-state index is 11.8. The summed E-state index contributed by atoms with van der Waals surface area (Å²) in [7, 11) is 0. The Morgan fingerprint density at radius 2 is 2.22 bits per heavy atom. The first kappa shape index (κ1) is 15.3. The van der Waals surface area contributed by atoms with Crippen LogP contribution in [0.4, 0.5) is 0 Å². The number of hydrogen-bond acceptors (Lipinski definition) is 4. The Labute approximate surface area is 112 Å². The highest BCUT2D eigenvalue weighted by Gasteiger charge is 2.23. The summed E-state index contributed by atoms with van der Waals surface area (Å²) in [6.45, 7) is 4.57. The smallest absolute Gasteiger partial charge is 0.303 e. The predicted octanol–water partition coefficient (Wildman–Crippen LogP) is 0.902. The molecule has 1 heterocycles. The number of carboxylic acids is 1. The fraction of sp³-hybridized carbons (Fsp3) is 0.833. The highest BCUT2D eigenvalue weighted by molar-refractivity contribution is 7.99. The third-order valence-electron chi connectivity index (χ3n) is 2.87. The Morgan fingerprint density at radius 3 is 2.72 bits per heavy atom. The molecule has 1 amide bonds. The zero-order chi connectivity index (χ0) is 13.5. The van der Waals surface area contributed by atoms with Gasteiger partial charge in [-0.15, -0.1) is 11.8 Å². The lowest BCUT2D eigenvalue weighted by Crippen LogP contribution is -2.44. The number of carbonyl (C=O) groups is 2. The minimum absolute atomic E-state index is 0.0144. The Bertz CT molecular complexity index is 291. The molecule has 3 N–H and O–H groups in total. The van der Waals surface area contributed by atoms with E-state index >= 15 is 0 Å². The third kappa shape index (κ3) is 5.73. The lowest BCUT2D eigenvalue weighted by atomic mass is 9.94. The molecule has 5 nitrogen and oxygen atoms in total. The van der Waals surface area contributed by atoms with Gasteiger partial charge in [-0.3, -0.25) is 14.9 Å². The molecule has 0 aromatic carbocycles. The summed E-state index contributed by atoms with van der Waals surface area (Å²) >= 11 is 1.70. The van der Waals surface area contributed by atoms with Crippen LogP contribution in [-0.4, -0.2) is 41.2 Å². The zero-order valence-corrected chi connectivity index (χ0v) is 11.8. The van der Waals surface area contributed by atoms with Gasteiger partial charge in [0.1, 0.15) is 0 Å². The van der Waals surface area contributed by atoms with Gasteiger partial charge in [0.15, 0.2) is 0 Å². The minimum Gasteiger partial charge on any atom is -0.481 e. The molecule has 0 aliphatic carbocycles. The van der Waals surface area contributed by atoms with E-state index in [0.29, 0.717) is 12.5 Å². The van der Waals surface area contributed by atoms with Crippen LogP contribution in [-0.2, 0) is 9.59 Å². The van der Waals surface area contributed by atoms with Gasteiger partial charge in [0, 0.05) is 24.6 Å². The molecule has 1 aliphatic rings. The number of nitrogens with one attached hydrogen (secondary N) is 2. The first-order valence-electron chi connectivity index (χ1n) is 6.29. The predicted molar refractivity (Wildman–Crippen MR) is 72.5 cm³/mol. The monoisotopic (exact) mass is 274 g/mol. The number of carboxylic acid groups (broad SMARTS) is 1. The number of rotatable bonds is 7. The van der Waals surface area contributed by atoms with Crippen LogP contribution in [0.2, 0.25) is 0 Å². The van der Waals surface area contributed by atoms with Gasteiger partial charge in [0.2, 0.25) is 5.91 Å². The largest absolute Gasteiger partial charge is 0.481 e. The first-order valence-corrected chi connectivity index (χ1v) is 7.45. The highest BCUT2D eigenvalue weighted by atomic mass is 32.2. The van der Waals surface area contributed by atoms with Crippen LogP contribution in [0.25, 0.3) is 0 Å². The highest BCUT2D eigenvalue weighted by Crippen LogP contribution is 2.15. The fourth-order valence-corrected chi connectivity index (χ4v) is 3.03. The molecule has 0 aromatic heterocycles. The van der Waals surface area contributed by atoms with Crippen molar-refractivity contribution in [1.82, 2.24) is 10.6 Å². The maximum Gasteiger partial charge on any atom is 0.303 e. The van der Waals surface area contributed by atoms with Gasteiger partial charge >= 0.3 is 5.97 Å². The normalized spacial score (nSPS) is 20.9. The molecular weight excluding hydrogens is 252 g/mol. The van der Waals surface area contributed by atoms with Crippen molar-refractivity contribution in [2.45, 2.75) is 32.7 Å². The molecule has 104 valence electrons. The molecule has 0 saturated carbocycles. The SMILES string of the molecule is CC(C)CC(CNC(=O)C1CSCN1)CC(=O)O. The van der Waals surface area contributed by atoms with E-state index in [1.54, 1.807) is 11.8 Å². The van der Waals surface area contributed by atoms with Crippen LogP contribution in [0, 0.1) is 11.8 Å². The van der Waals surface area contributed by atoms with Crippen LogP contribution in [0.15, 0.2) is 0 Å². The van der Waals surface area contributed by atoms with E-state index in [1.165, 1.54) is 0 Å². The molecule has 0 spiro atoms. The van der Waals surface area contributed by atoms with Crippen molar-refractivity contribution >= 4 is 23.6 Å². The van der Waals surface area contributed by atoms with Gasteiger partial charge in [0.25, 0.3) is 0 Å². The van der Waals surface area contributed by atoms with Crippen molar-refractivity contribution in [2.75, 3.05) is 18.2 Å². The molecule has 2 atom stereocenters. The zero-order valence-electron chi connectivity index (χ0n) is 10.9. The summed E-state index contributed by atoms with van der Waals surface area (Å²) in [5.41, 5.74) is 0. The van der Waals surface area contributed by atoms with Crippen molar-refractivity contribution in [3.05, 3.63) is 0 Å². The molecular formula is C12H22N2O3S. The van der Waals surface area contributed by atoms with Crippen molar-refractivity contribution in [1.29, 1.82) is 0 Å². The molecule has 0 radical (unpaired) electrons. The fourth-order valence-electron chi connectivity index (χ4n) is 2.08. The average molecular weight is 274 g/mol. The molecule has 1 rings (SSSR count). The van der Waals surface area contributed by atoms with Crippen LogP contribution < -0.4 is 10.6 Å². The molecule has 0 aromatic rings. The lowest BCUT2D eigenvalue weighted by Gasteiger charge is -2.19. The first-order chi connectivity index (χ1) is 8.49. The van der Waals surface area contributed by atoms with Crippen molar-refractivity contribution in [3.63, 3.8) is 0 Å². The molecule has 2 unspecified atom stereocenters. The maximum absolute atomic E-state index is 11.8. The van der Waals surface area contributed by atoms with Crippen LogP contribution in [0.3, 0.4) is 0 Å². The van der Waals surface area contributed by atoms with E-state index in [4.69, 9.17) is 5.11 Å². The van der Waals surface area contributed by atoms with Gasteiger partial charge in [-0.2, -0.15) is 0 Å². The third-order valence-corrected chi connectivity index (χ3v) is 3.81. The van der Waals surface area contributed by atoms with Gasteiger partial charge in [-0.1, -0.05) is 13.8 Å². The number of thioether (sulfide) groups is 1. The number of aliphatic carboxylic acids is 1. The van der Waals surface area contributed by atoms with E-state index in [9.17, 15) is 9.59 Å². The summed E-state index contributed by atoms with van der Waals surface area (Å²) in [6, 6.07) is -0.125. The van der Waals surface area contributed by atoms with Crippen molar-refractivity contribution in [2.24, 2.45) is 11.8 Å². The molecule has 1 fully saturated rings. The molecule has 1 saturated heterocycles. The second-order valence-electron chi connectivity index (χ2n) is 5.11. The van der Waals surface area contributed by atoms with Crippen LogP contribution >= 0.6 is 11.8 Å². The standard InChI is InChI=1S/C12H22N2O3S/c1-8(2)3-9(4-11(15)16)5-13-12(17)10-6-18-7-14-10/h8-10,14H,3-7H2,1-2H3,(H,13,17)(H,15,16). The quantitative estimate of drug-likeness (QED) is 0.643. The van der Waals surface area contributed by atoms with Crippen LogP contribution in [0.5, 0.6) is 0 Å². The Morgan fingerprint density at radius 1 is 1.50 bits per heavy atom. The summed E-state index contributed by atoms with van der Waals surface area (Å²) < 4.78 is 0.